The second-order valence-corrected chi connectivity index (χ2v) is 5.91. The van der Waals surface area contributed by atoms with E-state index in [-0.39, 0.29) is 0 Å². The lowest BCUT2D eigenvalue weighted by atomic mass is 10.0. The van der Waals surface area contributed by atoms with Crippen LogP contribution in [-0.2, 0) is 0 Å². The first kappa shape index (κ1) is 12.2. The lowest BCUT2D eigenvalue weighted by Gasteiger charge is -2.09. The molecule has 2 heterocycles. The Morgan fingerprint density at radius 3 is 2.89 bits per heavy atom. The van der Waals surface area contributed by atoms with Gasteiger partial charge in [0.05, 0.1) is 5.92 Å². The highest BCUT2D eigenvalue weighted by molar-refractivity contribution is 5.05. The number of rotatable bonds is 3. The fourth-order valence-electron chi connectivity index (χ4n) is 3.44. The molecule has 0 amide bonds. The summed E-state index contributed by atoms with van der Waals surface area (Å²) in [7, 11) is 0. The predicted molar refractivity (Wildman–Crippen MR) is 69.5 cm³/mol. The van der Waals surface area contributed by atoms with E-state index in [9.17, 15) is 0 Å². The molecule has 0 bridgehead atoms. The molecule has 1 saturated heterocycles. The van der Waals surface area contributed by atoms with Crippen molar-refractivity contribution in [3.63, 3.8) is 0 Å². The van der Waals surface area contributed by atoms with Crippen LogP contribution in [-0.4, -0.2) is 22.7 Å². The van der Waals surface area contributed by atoms with Crippen molar-refractivity contribution in [3.05, 3.63) is 11.7 Å². The fourth-order valence-corrected chi connectivity index (χ4v) is 3.44. The van der Waals surface area contributed by atoms with Gasteiger partial charge in [-0.2, -0.15) is 4.98 Å². The molecule has 18 heavy (non-hydrogen) atoms. The summed E-state index contributed by atoms with van der Waals surface area (Å²) in [6.07, 6.45) is 6.20. The molecule has 1 aromatic rings. The van der Waals surface area contributed by atoms with Crippen LogP contribution in [0.1, 0.15) is 69.5 Å². The first-order valence-corrected chi connectivity index (χ1v) is 7.34. The number of hydrogen-bond donors (Lipinski definition) is 1. The van der Waals surface area contributed by atoms with Crippen LogP contribution in [0.2, 0.25) is 0 Å². The lowest BCUT2D eigenvalue weighted by Crippen LogP contribution is -2.21. The van der Waals surface area contributed by atoms with Crippen LogP contribution in [0.25, 0.3) is 0 Å². The zero-order valence-corrected chi connectivity index (χ0v) is 11.4. The Kier molecular flexibility index (Phi) is 3.37. The third-order valence-corrected chi connectivity index (χ3v) is 4.78. The SMILES string of the molecule is CCC1CCC(c2noc(C3CCNC3C)n2)C1. The smallest absolute Gasteiger partial charge is 0.231 e. The molecule has 0 radical (unpaired) electrons. The largest absolute Gasteiger partial charge is 0.339 e. The van der Waals surface area contributed by atoms with Gasteiger partial charge < -0.3 is 9.84 Å². The maximum atomic E-state index is 5.50. The van der Waals surface area contributed by atoms with Crippen LogP contribution >= 0.6 is 0 Å². The fraction of sp³-hybridized carbons (Fsp3) is 0.857. The molecule has 4 nitrogen and oxygen atoms in total. The second kappa shape index (κ2) is 5.00. The summed E-state index contributed by atoms with van der Waals surface area (Å²) in [6, 6.07) is 0.463. The van der Waals surface area contributed by atoms with Gasteiger partial charge in [-0.3, -0.25) is 0 Å². The van der Waals surface area contributed by atoms with Crippen LogP contribution < -0.4 is 5.32 Å². The van der Waals surface area contributed by atoms with Gasteiger partial charge in [-0.1, -0.05) is 18.5 Å². The van der Waals surface area contributed by atoms with E-state index in [1.54, 1.807) is 0 Å². The summed E-state index contributed by atoms with van der Waals surface area (Å²) in [6.45, 7) is 5.54. The molecule has 3 rings (SSSR count). The van der Waals surface area contributed by atoms with E-state index in [1.165, 1.54) is 25.7 Å². The summed E-state index contributed by atoms with van der Waals surface area (Å²) in [5.74, 6) is 3.62. The van der Waals surface area contributed by atoms with Gasteiger partial charge >= 0.3 is 0 Å². The minimum Gasteiger partial charge on any atom is -0.339 e. The monoisotopic (exact) mass is 249 g/mol. The van der Waals surface area contributed by atoms with Crippen molar-refractivity contribution in [2.45, 2.75) is 63.8 Å². The maximum Gasteiger partial charge on any atom is 0.231 e. The highest BCUT2D eigenvalue weighted by atomic mass is 16.5. The number of nitrogens with zero attached hydrogens (tertiary/aromatic N) is 2. The van der Waals surface area contributed by atoms with Crippen molar-refractivity contribution in [3.8, 4) is 0 Å². The average molecular weight is 249 g/mol. The van der Waals surface area contributed by atoms with Crippen molar-refractivity contribution in [2.75, 3.05) is 6.54 Å². The lowest BCUT2D eigenvalue weighted by molar-refractivity contribution is 0.339. The normalized spacial score (nSPS) is 36.3. The zero-order valence-electron chi connectivity index (χ0n) is 11.4. The van der Waals surface area contributed by atoms with E-state index in [2.05, 4.69) is 29.3 Å². The molecule has 4 heteroatoms. The van der Waals surface area contributed by atoms with Crippen molar-refractivity contribution in [1.29, 1.82) is 0 Å². The van der Waals surface area contributed by atoms with Gasteiger partial charge in [0.1, 0.15) is 0 Å². The van der Waals surface area contributed by atoms with Crippen LogP contribution in [0.3, 0.4) is 0 Å². The van der Waals surface area contributed by atoms with Gasteiger partial charge in [0.2, 0.25) is 5.89 Å². The summed E-state index contributed by atoms with van der Waals surface area (Å²) in [5, 5.41) is 7.67. The van der Waals surface area contributed by atoms with Crippen molar-refractivity contribution >= 4 is 0 Å². The minimum atomic E-state index is 0.412. The Hall–Kier alpha value is -0.900. The topological polar surface area (TPSA) is 51.0 Å². The molecule has 4 atom stereocenters. The number of hydrogen-bond acceptors (Lipinski definition) is 4. The van der Waals surface area contributed by atoms with Crippen molar-refractivity contribution in [1.82, 2.24) is 15.5 Å². The first-order chi connectivity index (χ1) is 8.78. The van der Waals surface area contributed by atoms with E-state index >= 15 is 0 Å². The highest BCUT2D eigenvalue weighted by Gasteiger charge is 2.32. The van der Waals surface area contributed by atoms with E-state index in [0.717, 1.165) is 30.6 Å². The van der Waals surface area contributed by atoms with E-state index < -0.39 is 0 Å². The maximum absolute atomic E-state index is 5.50. The summed E-state index contributed by atoms with van der Waals surface area (Å²) in [4.78, 5) is 4.68. The van der Waals surface area contributed by atoms with Gasteiger partial charge in [0.15, 0.2) is 5.82 Å². The van der Waals surface area contributed by atoms with Gasteiger partial charge in [0.25, 0.3) is 0 Å². The highest BCUT2D eigenvalue weighted by Crippen LogP contribution is 2.39. The van der Waals surface area contributed by atoms with Gasteiger partial charge in [0, 0.05) is 12.0 Å². The first-order valence-electron chi connectivity index (χ1n) is 7.34. The molecular formula is C14H23N3O. The Balaban J connectivity index is 1.70. The van der Waals surface area contributed by atoms with E-state index in [1.807, 2.05) is 0 Å². The Morgan fingerprint density at radius 2 is 2.22 bits per heavy atom. The summed E-state index contributed by atoms with van der Waals surface area (Å²) in [5.41, 5.74) is 0. The molecule has 0 aromatic carbocycles. The third-order valence-electron chi connectivity index (χ3n) is 4.78. The van der Waals surface area contributed by atoms with Crippen molar-refractivity contribution < 1.29 is 4.52 Å². The Bertz CT molecular complexity index is 403. The second-order valence-electron chi connectivity index (χ2n) is 5.91. The van der Waals surface area contributed by atoms with Gasteiger partial charge in [-0.15, -0.1) is 0 Å². The molecule has 1 N–H and O–H groups in total. The van der Waals surface area contributed by atoms with Crippen LogP contribution in [0.4, 0.5) is 0 Å². The molecule has 1 aromatic heterocycles. The molecular weight excluding hydrogens is 226 g/mol. The zero-order chi connectivity index (χ0) is 12.5. The quantitative estimate of drug-likeness (QED) is 0.895. The van der Waals surface area contributed by atoms with Crippen LogP contribution in [0, 0.1) is 5.92 Å². The van der Waals surface area contributed by atoms with E-state index in [0.29, 0.717) is 17.9 Å². The Labute approximate surface area is 109 Å². The van der Waals surface area contributed by atoms with Gasteiger partial charge in [-0.05, 0) is 45.1 Å². The molecule has 0 spiro atoms. The van der Waals surface area contributed by atoms with Crippen LogP contribution in [0.5, 0.6) is 0 Å². The molecule has 2 aliphatic rings. The summed E-state index contributed by atoms with van der Waals surface area (Å²) < 4.78 is 5.50. The number of nitrogens with one attached hydrogen (secondary N) is 1. The molecule has 1 saturated carbocycles. The summed E-state index contributed by atoms with van der Waals surface area (Å²) >= 11 is 0. The average Bonchev–Trinajstić information content (AvgIpc) is 3.07. The molecule has 1 aliphatic heterocycles. The molecule has 4 unspecified atom stereocenters. The minimum absolute atomic E-state index is 0.412. The Morgan fingerprint density at radius 1 is 1.33 bits per heavy atom. The van der Waals surface area contributed by atoms with Gasteiger partial charge in [-0.25, -0.2) is 0 Å². The van der Waals surface area contributed by atoms with Crippen molar-refractivity contribution in [2.24, 2.45) is 5.92 Å². The van der Waals surface area contributed by atoms with Crippen LogP contribution in [0.15, 0.2) is 4.52 Å². The number of aromatic nitrogens is 2. The molecule has 100 valence electrons. The van der Waals surface area contributed by atoms with E-state index in [4.69, 9.17) is 4.52 Å². The molecule has 1 aliphatic carbocycles. The molecule has 2 fully saturated rings. The predicted octanol–water partition coefficient (Wildman–Crippen LogP) is 2.83. The standard InChI is InChI=1S/C14H23N3O/c1-3-10-4-5-11(8-10)13-16-14(18-17-13)12-6-7-15-9(12)2/h9-12,15H,3-8H2,1-2H3. The third kappa shape index (κ3) is 2.18.